The monoisotopic (exact) mass is 454 g/mol. The zero-order valence-electron chi connectivity index (χ0n) is 17.7. The maximum absolute atomic E-state index is 12.9. The van der Waals surface area contributed by atoms with Crippen LogP contribution in [0.2, 0.25) is 0 Å². The van der Waals surface area contributed by atoms with Crippen molar-refractivity contribution in [3.8, 4) is 0 Å². The molecule has 0 fully saturated rings. The Kier molecular flexibility index (Phi) is 7.45. The van der Waals surface area contributed by atoms with Crippen molar-refractivity contribution in [3.05, 3.63) is 78.5 Å². The van der Waals surface area contributed by atoms with Crippen LogP contribution >= 0.6 is 0 Å². The van der Waals surface area contributed by atoms with Gasteiger partial charge in [-0.15, -0.1) is 6.58 Å². The fourth-order valence-electron chi connectivity index (χ4n) is 3.35. The zero-order chi connectivity index (χ0) is 23.1. The van der Waals surface area contributed by atoms with Gasteiger partial charge in [-0.3, -0.25) is 9.59 Å². The highest BCUT2D eigenvalue weighted by Gasteiger charge is 2.22. The van der Waals surface area contributed by atoms with Gasteiger partial charge in [-0.2, -0.15) is 0 Å². The van der Waals surface area contributed by atoms with E-state index in [-0.39, 0.29) is 24.1 Å². The van der Waals surface area contributed by atoms with E-state index >= 15 is 0 Å². The van der Waals surface area contributed by atoms with E-state index in [1.807, 2.05) is 30.5 Å². The maximum Gasteiger partial charge on any atom is 0.247 e. The summed E-state index contributed by atoms with van der Waals surface area (Å²) in [7, 11) is -3.47. The van der Waals surface area contributed by atoms with E-state index in [0.29, 0.717) is 17.7 Å². The van der Waals surface area contributed by atoms with Crippen molar-refractivity contribution in [3.63, 3.8) is 0 Å². The van der Waals surface area contributed by atoms with Crippen molar-refractivity contribution < 1.29 is 18.0 Å². The minimum absolute atomic E-state index is 0.164. The lowest BCUT2D eigenvalue weighted by atomic mass is 10.0. The first-order valence-electron chi connectivity index (χ1n) is 10.1. The van der Waals surface area contributed by atoms with E-state index in [4.69, 9.17) is 0 Å². The predicted octanol–water partition coefficient (Wildman–Crippen LogP) is 2.46. The summed E-state index contributed by atoms with van der Waals surface area (Å²) in [6, 6.07) is 13.5. The number of benzene rings is 2. The molecule has 0 radical (unpaired) electrons. The quantitative estimate of drug-likeness (QED) is 0.352. The number of amides is 2. The van der Waals surface area contributed by atoms with Crippen molar-refractivity contribution in [1.82, 2.24) is 15.0 Å². The maximum atomic E-state index is 12.9. The zero-order valence-corrected chi connectivity index (χ0v) is 18.5. The Morgan fingerprint density at radius 2 is 1.84 bits per heavy atom. The average molecular weight is 455 g/mol. The Bertz CT molecular complexity index is 1220. The van der Waals surface area contributed by atoms with Crippen LogP contribution in [0.15, 0.2) is 67.4 Å². The SMILES string of the molecule is C=CCNS(=O)(=O)Cc1ccc(NC(=O)C(Cc2c[nH]c3ccccc23)NC(C)=O)cc1. The van der Waals surface area contributed by atoms with Crippen LogP contribution in [-0.4, -0.2) is 37.8 Å². The molecule has 1 atom stereocenters. The van der Waals surface area contributed by atoms with Crippen LogP contribution in [0, 0.1) is 0 Å². The number of rotatable bonds is 10. The molecule has 1 unspecified atom stereocenters. The van der Waals surface area contributed by atoms with Crippen molar-refractivity contribution in [1.29, 1.82) is 0 Å². The van der Waals surface area contributed by atoms with Gasteiger partial charge in [0.25, 0.3) is 0 Å². The molecule has 0 spiro atoms. The number of fused-ring (bicyclic) bond motifs is 1. The van der Waals surface area contributed by atoms with Gasteiger partial charge in [0.2, 0.25) is 21.8 Å². The Hall–Kier alpha value is -3.43. The predicted molar refractivity (Wildman–Crippen MR) is 126 cm³/mol. The van der Waals surface area contributed by atoms with Gasteiger partial charge >= 0.3 is 0 Å². The number of carbonyl (C=O) groups excluding carboxylic acids is 2. The highest BCUT2D eigenvalue weighted by molar-refractivity contribution is 7.88. The summed E-state index contributed by atoms with van der Waals surface area (Å²) in [6.45, 7) is 5.02. The summed E-state index contributed by atoms with van der Waals surface area (Å²) >= 11 is 0. The molecule has 0 saturated heterocycles. The van der Waals surface area contributed by atoms with Crippen molar-refractivity contribution >= 4 is 38.4 Å². The van der Waals surface area contributed by atoms with E-state index in [2.05, 4.69) is 26.9 Å². The first-order valence-corrected chi connectivity index (χ1v) is 11.7. The fourth-order valence-corrected chi connectivity index (χ4v) is 4.45. The fraction of sp³-hybridized carbons (Fsp3) is 0.217. The lowest BCUT2D eigenvalue weighted by molar-refractivity contribution is -0.125. The Labute approximate surface area is 187 Å². The van der Waals surface area contributed by atoms with Crippen molar-refractivity contribution in [2.24, 2.45) is 0 Å². The summed E-state index contributed by atoms with van der Waals surface area (Å²) in [5.74, 6) is -0.847. The van der Waals surface area contributed by atoms with Crippen LogP contribution in [0.3, 0.4) is 0 Å². The van der Waals surface area contributed by atoms with Crippen molar-refractivity contribution in [2.45, 2.75) is 25.1 Å². The minimum atomic E-state index is -3.47. The van der Waals surface area contributed by atoms with E-state index in [0.717, 1.165) is 16.5 Å². The van der Waals surface area contributed by atoms with Gasteiger partial charge in [-0.25, -0.2) is 13.1 Å². The number of H-pyrrole nitrogens is 1. The Morgan fingerprint density at radius 1 is 1.12 bits per heavy atom. The molecule has 3 aromatic rings. The van der Waals surface area contributed by atoms with Crippen LogP contribution in [-0.2, 0) is 31.8 Å². The lowest BCUT2D eigenvalue weighted by Crippen LogP contribution is -2.44. The molecule has 32 heavy (non-hydrogen) atoms. The molecule has 0 aliphatic rings. The molecule has 1 aromatic heterocycles. The molecule has 0 aliphatic heterocycles. The summed E-state index contributed by atoms with van der Waals surface area (Å²) in [5, 5.41) is 6.49. The number of para-hydroxylation sites is 1. The smallest absolute Gasteiger partial charge is 0.247 e. The van der Waals surface area contributed by atoms with Gasteiger partial charge in [0, 0.05) is 42.7 Å². The number of anilines is 1. The molecule has 0 bridgehead atoms. The highest BCUT2D eigenvalue weighted by atomic mass is 32.2. The number of nitrogens with one attached hydrogen (secondary N) is 4. The van der Waals surface area contributed by atoms with E-state index < -0.39 is 16.1 Å². The van der Waals surface area contributed by atoms with Gasteiger partial charge in [-0.1, -0.05) is 36.4 Å². The highest BCUT2D eigenvalue weighted by Crippen LogP contribution is 2.20. The molecule has 0 saturated carbocycles. The molecule has 8 nitrogen and oxygen atoms in total. The second kappa shape index (κ2) is 10.3. The third-order valence-corrected chi connectivity index (χ3v) is 6.14. The third kappa shape index (κ3) is 6.29. The largest absolute Gasteiger partial charge is 0.361 e. The lowest BCUT2D eigenvalue weighted by Gasteiger charge is -2.17. The van der Waals surface area contributed by atoms with E-state index in [1.165, 1.54) is 13.0 Å². The topological polar surface area (TPSA) is 120 Å². The average Bonchev–Trinajstić information content (AvgIpc) is 3.16. The molecule has 2 amide bonds. The van der Waals surface area contributed by atoms with Gasteiger partial charge in [0.1, 0.15) is 6.04 Å². The van der Waals surface area contributed by atoms with E-state index in [9.17, 15) is 18.0 Å². The second-order valence-corrected chi connectivity index (χ2v) is 9.21. The molecule has 1 heterocycles. The summed E-state index contributed by atoms with van der Waals surface area (Å²) < 4.78 is 26.4. The standard InChI is InChI=1S/C23H26N4O4S/c1-3-12-25-32(30,31)15-17-8-10-19(11-9-17)27-23(29)22(26-16(2)28)13-18-14-24-21-7-5-4-6-20(18)21/h3-11,14,22,24-25H,1,12-13,15H2,2H3,(H,26,28)(H,27,29). The van der Waals surface area contributed by atoms with Crippen LogP contribution in [0.1, 0.15) is 18.1 Å². The summed E-state index contributed by atoms with van der Waals surface area (Å²) in [4.78, 5) is 27.7. The van der Waals surface area contributed by atoms with Gasteiger partial charge in [0.15, 0.2) is 0 Å². The molecular formula is C23H26N4O4S. The van der Waals surface area contributed by atoms with Crippen LogP contribution in [0.25, 0.3) is 10.9 Å². The molecule has 2 aromatic carbocycles. The molecule has 0 aliphatic carbocycles. The first-order chi connectivity index (χ1) is 15.3. The van der Waals surface area contributed by atoms with Gasteiger partial charge < -0.3 is 15.6 Å². The number of hydrogen-bond donors (Lipinski definition) is 4. The summed E-state index contributed by atoms with van der Waals surface area (Å²) in [5.41, 5.74) is 2.96. The molecule has 9 heteroatoms. The van der Waals surface area contributed by atoms with Gasteiger partial charge in [-0.05, 0) is 29.3 Å². The molecule has 4 N–H and O–H groups in total. The van der Waals surface area contributed by atoms with Crippen LogP contribution in [0.4, 0.5) is 5.69 Å². The Balaban J connectivity index is 1.69. The number of sulfonamides is 1. The normalized spacial score (nSPS) is 12.3. The summed E-state index contributed by atoms with van der Waals surface area (Å²) in [6.07, 6.45) is 3.63. The van der Waals surface area contributed by atoms with Crippen LogP contribution < -0.4 is 15.4 Å². The molecule has 3 rings (SSSR count). The second-order valence-electron chi connectivity index (χ2n) is 7.40. The van der Waals surface area contributed by atoms with Crippen molar-refractivity contribution in [2.75, 3.05) is 11.9 Å². The Morgan fingerprint density at radius 3 is 2.53 bits per heavy atom. The number of hydrogen-bond acceptors (Lipinski definition) is 4. The van der Waals surface area contributed by atoms with E-state index in [1.54, 1.807) is 24.3 Å². The molecular weight excluding hydrogens is 428 g/mol. The van der Waals surface area contributed by atoms with Crippen LogP contribution in [0.5, 0.6) is 0 Å². The van der Waals surface area contributed by atoms with Gasteiger partial charge in [0.05, 0.1) is 5.75 Å². The third-order valence-electron chi connectivity index (χ3n) is 4.82. The first kappa shape index (κ1) is 23.2. The molecule has 168 valence electrons. The number of aromatic amines is 1. The number of aromatic nitrogens is 1. The number of carbonyl (C=O) groups is 2. The minimum Gasteiger partial charge on any atom is -0.361 e.